The van der Waals surface area contributed by atoms with Crippen molar-refractivity contribution in [2.75, 3.05) is 10.0 Å². The minimum Gasteiger partial charge on any atom is -0.322 e. The molecule has 0 heterocycles. The smallest absolute Gasteiger partial charge is 0.261 e. The Balaban J connectivity index is 1.47. The minimum absolute atomic E-state index is 0.162. The highest BCUT2D eigenvalue weighted by Gasteiger charge is 2.18. The fraction of sp³-hybridized carbons (Fsp3) is 0.107. The molecular formula is C28H26N2O3S2. The fourth-order valence-electron chi connectivity index (χ4n) is 3.62. The molecule has 0 spiro atoms. The predicted molar refractivity (Wildman–Crippen MR) is 144 cm³/mol. The van der Waals surface area contributed by atoms with E-state index in [1.165, 1.54) is 22.6 Å². The second-order valence-electron chi connectivity index (χ2n) is 8.10. The van der Waals surface area contributed by atoms with E-state index in [0.29, 0.717) is 16.8 Å². The van der Waals surface area contributed by atoms with Crippen molar-refractivity contribution in [3.63, 3.8) is 0 Å². The molecule has 35 heavy (non-hydrogen) atoms. The quantitative estimate of drug-likeness (QED) is 0.265. The number of hydrogen-bond acceptors (Lipinski definition) is 4. The van der Waals surface area contributed by atoms with Gasteiger partial charge in [0.2, 0.25) is 0 Å². The molecule has 0 aliphatic rings. The second-order valence-corrected chi connectivity index (χ2v) is 10.8. The van der Waals surface area contributed by atoms with E-state index in [4.69, 9.17) is 0 Å². The summed E-state index contributed by atoms with van der Waals surface area (Å²) >= 11 is 1.76. The number of carbonyl (C=O) groups excluding carboxylic acids is 1. The molecule has 0 saturated heterocycles. The number of hydrogen-bond donors (Lipinski definition) is 2. The summed E-state index contributed by atoms with van der Waals surface area (Å²) in [4.78, 5) is 14.4. The number of nitrogens with one attached hydrogen (secondary N) is 2. The third-order valence-electron chi connectivity index (χ3n) is 5.56. The highest BCUT2D eigenvalue weighted by Crippen LogP contribution is 2.27. The first-order valence-corrected chi connectivity index (χ1v) is 13.6. The third-order valence-corrected chi connectivity index (χ3v) is 8.03. The number of anilines is 2. The summed E-state index contributed by atoms with van der Waals surface area (Å²) in [5.74, 6) is 0.541. The number of thioether (sulfide) groups is 1. The summed E-state index contributed by atoms with van der Waals surface area (Å²) in [6.07, 6.45) is 0. The first-order valence-electron chi connectivity index (χ1n) is 11.1. The molecular weight excluding hydrogens is 476 g/mol. The molecule has 1 amide bonds. The van der Waals surface area contributed by atoms with Crippen molar-refractivity contribution in [2.45, 2.75) is 29.4 Å². The van der Waals surface area contributed by atoms with Crippen LogP contribution in [0.4, 0.5) is 11.4 Å². The van der Waals surface area contributed by atoms with E-state index in [9.17, 15) is 13.2 Å². The van der Waals surface area contributed by atoms with Gasteiger partial charge in [0.15, 0.2) is 0 Å². The van der Waals surface area contributed by atoms with E-state index in [0.717, 1.165) is 17.0 Å². The monoisotopic (exact) mass is 502 g/mol. The molecule has 0 bridgehead atoms. The summed E-state index contributed by atoms with van der Waals surface area (Å²) in [6.45, 7) is 3.69. The van der Waals surface area contributed by atoms with Gasteiger partial charge in [-0.25, -0.2) is 8.42 Å². The van der Waals surface area contributed by atoms with E-state index < -0.39 is 10.0 Å². The lowest BCUT2D eigenvalue weighted by Gasteiger charge is -2.15. The number of rotatable bonds is 8. The Morgan fingerprint density at radius 2 is 1.49 bits per heavy atom. The van der Waals surface area contributed by atoms with Crippen LogP contribution in [0, 0.1) is 13.8 Å². The molecule has 2 N–H and O–H groups in total. The van der Waals surface area contributed by atoms with E-state index in [2.05, 4.69) is 28.2 Å². The topological polar surface area (TPSA) is 75.3 Å². The van der Waals surface area contributed by atoms with Gasteiger partial charge in [0, 0.05) is 21.9 Å². The minimum atomic E-state index is -3.76. The molecule has 4 rings (SSSR count). The summed E-state index contributed by atoms with van der Waals surface area (Å²) < 4.78 is 28.1. The summed E-state index contributed by atoms with van der Waals surface area (Å²) in [5.41, 5.74) is 4.18. The molecule has 0 saturated carbocycles. The van der Waals surface area contributed by atoms with Crippen LogP contribution < -0.4 is 10.0 Å². The maximum Gasteiger partial charge on any atom is 0.261 e. The summed E-state index contributed by atoms with van der Waals surface area (Å²) in [5, 5.41) is 2.97. The molecule has 7 heteroatoms. The average Bonchev–Trinajstić information content (AvgIpc) is 2.86. The van der Waals surface area contributed by atoms with Gasteiger partial charge >= 0.3 is 0 Å². The SMILES string of the molecule is Cc1cc(CSc2ccccc2)ccc1NC(=O)c1cccc(NS(=O)(=O)c2ccccc2)c1C. The van der Waals surface area contributed by atoms with Crippen molar-refractivity contribution < 1.29 is 13.2 Å². The maximum absolute atomic E-state index is 13.1. The van der Waals surface area contributed by atoms with Crippen LogP contribution in [0.2, 0.25) is 0 Å². The lowest BCUT2D eigenvalue weighted by atomic mass is 10.1. The van der Waals surface area contributed by atoms with Gasteiger partial charge in [-0.15, -0.1) is 11.8 Å². The van der Waals surface area contributed by atoms with Gasteiger partial charge in [-0.2, -0.15) is 0 Å². The number of benzene rings is 4. The molecule has 0 aromatic heterocycles. The van der Waals surface area contributed by atoms with Gasteiger partial charge in [0.05, 0.1) is 10.6 Å². The van der Waals surface area contributed by atoms with Gasteiger partial charge in [0.25, 0.3) is 15.9 Å². The second kappa shape index (κ2) is 10.8. The van der Waals surface area contributed by atoms with Gasteiger partial charge in [-0.1, -0.05) is 54.6 Å². The van der Waals surface area contributed by atoms with Crippen molar-refractivity contribution in [1.82, 2.24) is 0 Å². The Hall–Kier alpha value is -3.55. The van der Waals surface area contributed by atoms with Crippen LogP contribution in [0.3, 0.4) is 0 Å². The predicted octanol–water partition coefficient (Wildman–Crippen LogP) is 6.65. The summed E-state index contributed by atoms with van der Waals surface area (Å²) in [7, 11) is -3.76. The van der Waals surface area contributed by atoms with Gasteiger partial charge in [-0.05, 0) is 73.0 Å². The van der Waals surface area contributed by atoms with E-state index in [1.807, 2.05) is 37.3 Å². The first-order chi connectivity index (χ1) is 16.8. The van der Waals surface area contributed by atoms with Crippen LogP contribution in [0.5, 0.6) is 0 Å². The zero-order valence-corrected chi connectivity index (χ0v) is 21.1. The Bertz CT molecular complexity index is 1440. The molecule has 0 unspecified atom stereocenters. The van der Waals surface area contributed by atoms with Crippen molar-refractivity contribution in [2.24, 2.45) is 0 Å². The van der Waals surface area contributed by atoms with Crippen LogP contribution in [0.1, 0.15) is 27.0 Å². The molecule has 0 radical (unpaired) electrons. The van der Waals surface area contributed by atoms with Gasteiger partial charge in [0.1, 0.15) is 0 Å². The fourth-order valence-corrected chi connectivity index (χ4v) is 5.63. The lowest BCUT2D eigenvalue weighted by Crippen LogP contribution is -2.17. The number of sulfonamides is 1. The van der Waals surface area contributed by atoms with Crippen LogP contribution in [-0.2, 0) is 15.8 Å². The largest absolute Gasteiger partial charge is 0.322 e. The van der Waals surface area contributed by atoms with Gasteiger partial charge in [-0.3, -0.25) is 9.52 Å². The number of amides is 1. The first kappa shape index (κ1) is 24.6. The molecule has 0 aliphatic carbocycles. The average molecular weight is 503 g/mol. The number of aryl methyl sites for hydroxylation is 1. The van der Waals surface area contributed by atoms with Crippen molar-refractivity contribution in [1.29, 1.82) is 0 Å². The zero-order chi connectivity index (χ0) is 24.8. The zero-order valence-electron chi connectivity index (χ0n) is 19.5. The van der Waals surface area contributed by atoms with Gasteiger partial charge < -0.3 is 5.32 Å². The molecule has 0 atom stereocenters. The molecule has 5 nitrogen and oxygen atoms in total. The van der Waals surface area contributed by atoms with Crippen LogP contribution in [-0.4, -0.2) is 14.3 Å². The van der Waals surface area contributed by atoms with Crippen LogP contribution >= 0.6 is 11.8 Å². The van der Waals surface area contributed by atoms with E-state index in [-0.39, 0.29) is 10.8 Å². The normalized spacial score (nSPS) is 11.1. The van der Waals surface area contributed by atoms with Crippen molar-refractivity contribution in [3.8, 4) is 0 Å². The standard InChI is InChI=1S/C28H26N2O3S2/c1-20-18-22(19-34-23-10-5-3-6-11-23)16-17-26(20)29-28(31)25-14-9-15-27(21(25)2)30-35(32,33)24-12-7-4-8-13-24/h3-18,30H,19H2,1-2H3,(H,29,31). The van der Waals surface area contributed by atoms with E-state index >= 15 is 0 Å². The van der Waals surface area contributed by atoms with Crippen molar-refractivity contribution in [3.05, 3.63) is 119 Å². The lowest BCUT2D eigenvalue weighted by molar-refractivity contribution is 0.102. The molecule has 4 aromatic rings. The number of carbonyl (C=O) groups is 1. The highest BCUT2D eigenvalue weighted by molar-refractivity contribution is 7.98. The Morgan fingerprint density at radius 1 is 0.800 bits per heavy atom. The summed E-state index contributed by atoms with van der Waals surface area (Å²) in [6, 6.07) is 29.4. The molecule has 0 fully saturated rings. The van der Waals surface area contributed by atoms with Crippen LogP contribution in [0.25, 0.3) is 0 Å². The Kier molecular flexibility index (Phi) is 7.58. The van der Waals surface area contributed by atoms with Crippen molar-refractivity contribution >= 4 is 39.1 Å². The van der Waals surface area contributed by atoms with Crippen LogP contribution in [0.15, 0.2) is 107 Å². The molecule has 4 aromatic carbocycles. The maximum atomic E-state index is 13.1. The Labute approximate surface area is 210 Å². The Morgan fingerprint density at radius 3 is 2.17 bits per heavy atom. The highest BCUT2D eigenvalue weighted by atomic mass is 32.2. The molecule has 178 valence electrons. The molecule has 0 aliphatic heterocycles. The van der Waals surface area contributed by atoms with E-state index in [1.54, 1.807) is 55.1 Å². The third kappa shape index (κ3) is 6.12.